The van der Waals surface area contributed by atoms with E-state index in [1.54, 1.807) is 6.92 Å². The van der Waals surface area contributed by atoms with E-state index >= 15 is 0 Å². The highest BCUT2D eigenvalue weighted by atomic mass is 35.5. The van der Waals surface area contributed by atoms with Gasteiger partial charge in [0.1, 0.15) is 17.6 Å². The zero-order valence-electron chi connectivity index (χ0n) is 9.03. The standard InChI is InChI=1S/C12H13ClO2S/c1-8(14)4-9-2-3-12(11(13)5-9)15-10-6-16-7-10/h2-3,5,10H,4,6-7H2,1H3. The molecule has 0 spiro atoms. The summed E-state index contributed by atoms with van der Waals surface area (Å²) in [6.07, 6.45) is 0.723. The average Bonchev–Trinajstić information content (AvgIpc) is 2.12. The molecule has 1 saturated heterocycles. The van der Waals surface area contributed by atoms with E-state index in [2.05, 4.69) is 0 Å². The average molecular weight is 257 g/mol. The van der Waals surface area contributed by atoms with Crippen molar-refractivity contribution in [1.29, 1.82) is 0 Å². The van der Waals surface area contributed by atoms with E-state index in [0.717, 1.165) is 22.8 Å². The van der Waals surface area contributed by atoms with Crippen LogP contribution in [0.25, 0.3) is 0 Å². The van der Waals surface area contributed by atoms with E-state index in [-0.39, 0.29) is 5.78 Å². The number of hydrogen-bond donors (Lipinski definition) is 0. The first-order valence-corrected chi connectivity index (χ1v) is 6.70. The number of Topliss-reactive ketones (excluding diaryl/α,β-unsaturated/α-hetero) is 1. The first-order valence-electron chi connectivity index (χ1n) is 5.17. The molecule has 0 radical (unpaired) electrons. The molecular formula is C12H13ClO2S. The number of carbonyl (C=O) groups is 1. The van der Waals surface area contributed by atoms with Crippen molar-refractivity contribution >= 4 is 29.1 Å². The molecule has 1 fully saturated rings. The predicted molar refractivity (Wildman–Crippen MR) is 67.6 cm³/mol. The van der Waals surface area contributed by atoms with E-state index in [1.165, 1.54) is 0 Å². The van der Waals surface area contributed by atoms with Crippen LogP contribution in [0.5, 0.6) is 5.75 Å². The Hall–Kier alpha value is -0.670. The summed E-state index contributed by atoms with van der Waals surface area (Å²) < 4.78 is 5.70. The van der Waals surface area contributed by atoms with E-state index < -0.39 is 0 Å². The van der Waals surface area contributed by atoms with Gasteiger partial charge in [-0.1, -0.05) is 17.7 Å². The molecule has 0 saturated carbocycles. The number of ketones is 1. The van der Waals surface area contributed by atoms with E-state index in [9.17, 15) is 4.79 Å². The lowest BCUT2D eigenvalue weighted by Gasteiger charge is -2.26. The van der Waals surface area contributed by atoms with Crippen molar-refractivity contribution in [2.75, 3.05) is 11.5 Å². The number of ether oxygens (including phenoxy) is 1. The third-order valence-corrected chi connectivity index (χ3v) is 3.86. The van der Waals surface area contributed by atoms with Crippen LogP contribution in [-0.4, -0.2) is 23.4 Å². The normalized spacial score (nSPS) is 15.6. The van der Waals surface area contributed by atoms with E-state index in [4.69, 9.17) is 16.3 Å². The molecule has 0 aliphatic carbocycles. The van der Waals surface area contributed by atoms with Gasteiger partial charge in [-0.15, -0.1) is 0 Å². The van der Waals surface area contributed by atoms with Gasteiger partial charge in [-0.25, -0.2) is 0 Å². The maximum Gasteiger partial charge on any atom is 0.138 e. The molecule has 1 aliphatic heterocycles. The van der Waals surface area contributed by atoms with Crippen LogP contribution in [0.1, 0.15) is 12.5 Å². The van der Waals surface area contributed by atoms with Crippen LogP contribution in [-0.2, 0) is 11.2 Å². The molecule has 16 heavy (non-hydrogen) atoms. The zero-order chi connectivity index (χ0) is 11.5. The van der Waals surface area contributed by atoms with Gasteiger partial charge < -0.3 is 4.74 Å². The predicted octanol–water partition coefficient (Wildman–Crippen LogP) is 2.97. The monoisotopic (exact) mass is 256 g/mol. The molecule has 0 bridgehead atoms. The lowest BCUT2D eigenvalue weighted by Crippen LogP contribution is -2.31. The van der Waals surface area contributed by atoms with Gasteiger partial charge in [-0.2, -0.15) is 11.8 Å². The maximum atomic E-state index is 11.0. The van der Waals surface area contributed by atoms with Gasteiger partial charge in [0, 0.05) is 17.9 Å². The van der Waals surface area contributed by atoms with E-state index in [0.29, 0.717) is 17.5 Å². The SMILES string of the molecule is CC(=O)Cc1ccc(OC2CSC2)c(Cl)c1. The third kappa shape index (κ3) is 2.92. The number of halogens is 1. The molecule has 0 unspecified atom stereocenters. The van der Waals surface area contributed by atoms with Gasteiger partial charge >= 0.3 is 0 Å². The topological polar surface area (TPSA) is 26.3 Å². The van der Waals surface area contributed by atoms with Crippen molar-refractivity contribution in [3.8, 4) is 5.75 Å². The second kappa shape index (κ2) is 5.11. The number of rotatable bonds is 4. The molecule has 86 valence electrons. The van der Waals surface area contributed by atoms with Gasteiger partial charge in [0.05, 0.1) is 5.02 Å². The Balaban J connectivity index is 2.06. The minimum absolute atomic E-state index is 0.139. The maximum absolute atomic E-state index is 11.0. The lowest BCUT2D eigenvalue weighted by molar-refractivity contribution is -0.116. The van der Waals surface area contributed by atoms with Gasteiger partial charge in [0.25, 0.3) is 0 Å². The Morgan fingerprint density at radius 2 is 2.31 bits per heavy atom. The fourth-order valence-corrected chi connectivity index (χ4v) is 2.31. The summed E-state index contributed by atoms with van der Waals surface area (Å²) in [5, 5.41) is 0.593. The van der Waals surface area contributed by atoms with Crippen LogP contribution in [0.15, 0.2) is 18.2 Å². The second-order valence-corrected chi connectivity index (χ2v) is 5.40. The summed E-state index contributed by atoms with van der Waals surface area (Å²) in [6.45, 7) is 1.57. The van der Waals surface area contributed by atoms with Crippen LogP contribution < -0.4 is 4.74 Å². The van der Waals surface area contributed by atoms with Crippen LogP contribution in [0.2, 0.25) is 5.02 Å². The Bertz CT molecular complexity index is 402. The fourth-order valence-electron chi connectivity index (χ4n) is 1.50. The van der Waals surface area contributed by atoms with Gasteiger partial charge in [0.2, 0.25) is 0 Å². The van der Waals surface area contributed by atoms with Gasteiger partial charge in [-0.3, -0.25) is 4.79 Å². The quantitative estimate of drug-likeness (QED) is 0.829. The third-order valence-electron chi connectivity index (χ3n) is 2.35. The summed E-state index contributed by atoms with van der Waals surface area (Å²) in [6, 6.07) is 5.56. The Kier molecular flexibility index (Phi) is 3.77. The van der Waals surface area contributed by atoms with Crippen molar-refractivity contribution in [3.05, 3.63) is 28.8 Å². The van der Waals surface area contributed by atoms with Crippen LogP contribution in [0.4, 0.5) is 0 Å². The van der Waals surface area contributed by atoms with Crippen molar-refractivity contribution < 1.29 is 9.53 Å². The molecule has 0 N–H and O–H groups in total. The summed E-state index contributed by atoms with van der Waals surface area (Å²) in [5.41, 5.74) is 0.938. The lowest BCUT2D eigenvalue weighted by atomic mass is 10.1. The number of hydrogen-bond acceptors (Lipinski definition) is 3. The smallest absolute Gasteiger partial charge is 0.138 e. The Morgan fingerprint density at radius 3 is 2.81 bits per heavy atom. The largest absolute Gasteiger partial charge is 0.487 e. The number of benzene rings is 1. The zero-order valence-corrected chi connectivity index (χ0v) is 10.6. The molecule has 1 heterocycles. The minimum atomic E-state index is 0.139. The van der Waals surface area contributed by atoms with Crippen molar-refractivity contribution in [2.45, 2.75) is 19.4 Å². The summed E-state index contributed by atoms with van der Waals surface area (Å²) in [4.78, 5) is 11.0. The van der Waals surface area contributed by atoms with Gasteiger partial charge in [0.15, 0.2) is 0 Å². The van der Waals surface area contributed by atoms with Gasteiger partial charge in [-0.05, 0) is 24.6 Å². The highest BCUT2D eigenvalue weighted by Crippen LogP contribution is 2.30. The minimum Gasteiger partial charge on any atom is -0.487 e. The van der Waals surface area contributed by atoms with Crippen molar-refractivity contribution in [3.63, 3.8) is 0 Å². The van der Waals surface area contributed by atoms with Crippen molar-refractivity contribution in [2.24, 2.45) is 0 Å². The molecule has 1 aromatic rings. The highest BCUT2D eigenvalue weighted by Gasteiger charge is 2.20. The molecule has 2 nitrogen and oxygen atoms in total. The van der Waals surface area contributed by atoms with E-state index in [1.807, 2.05) is 30.0 Å². The molecular weight excluding hydrogens is 244 g/mol. The molecule has 2 rings (SSSR count). The summed E-state index contributed by atoms with van der Waals surface area (Å²) >= 11 is 7.96. The summed E-state index contributed by atoms with van der Waals surface area (Å²) in [7, 11) is 0. The molecule has 0 atom stereocenters. The van der Waals surface area contributed by atoms with Crippen molar-refractivity contribution in [1.82, 2.24) is 0 Å². The first kappa shape index (κ1) is 11.8. The summed E-state index contributed by atoms with van der Waals surface area (Å²) in [5.74, 6) is 2.93. The Morgan fingerprint density at radius 1 is 1.56 bits per heavy atom. The molecule has 1 aromatic carbocycles. The first-order chi connectivity index (χ1) is 7.65. The molecule has 4 heteroatoms. The Labute approximate surface area is 104 Å². The number of thioether (sulfide) groups is 1. The van der Waals surface area contributed by atoms with Crippen LogP contribution in [0.3, 0.4) is 0 Å². The second-order valence-electron chi connectivity index (χ2n) is 3.92. The molecule has 0 aromatic heterocycles. The molecule has 1 aliphatic rings. The highest BCUT2D eigenvalue weighted by molar-refractivity contribution is 8.00. The van der Waals surface area contributed by atoms with Crippen LogP contribution in [0, 0.1) is 0 Å². The molecule has 0 amide bonds. The fraction of sp³-hybridized carbons (Fsp3) is 0.417. The van der Waals surface area contributed by atoms with Crippen LogP contribution >= 0.6 is 23.4 Å². The number of carbonyl (C=O) groups excluding carboxylic acids is 1.